The van der Waals surface area contributed by atoms with Crippen LogP contribution in [0.3, 0.4) is 0 Å². The van der Waals surface area contributed by atoms with Crippen LogP contribution in [0.5, 0.6) is 5.75 Å². The number of imidazole rings is 1. The van der Waals surface area contributed by atoms with Crippen LogP contribution in [0.25, 0.3) is 5.65 Å². The van der Waals surface area contributed by atoms with E-state index in [2.05, 4.69) is 9.88 Å². The fraction of sp³-hybridized carbons (Fsp3) is 0.462. The lowest BCUT2D eigenvalue weighted by Crippen LogP contribution is -2.21. The van der Waals surface area contributed by atoms with E-state index < -0.39 is 0 Å². The lowest BCUT2D eigenvalue weighted by atomic mass is 10.3. The molecule has 3 rings (SSSR count). The Morgan fingerprint density at radius 1 is 1.18 bits per heavy atom. The van der Waals surface area contributed by atoms with Gasteiger partial charge in [-0.25, -0.2) is 4.98 Å². The summed E-state index contributed by atoms with van der Waals surface area (Å²) in [5.41, 5.74) is 2.00. The number of rotatable bonds is 3. The molecule has 2 aromatic rings. The molecule has 0 unspecified atom stereocenters. The van der Waals surface area contributed by atoms with Crippen molar-refractivity contribution in [3.8, 4) is 5.75 Å². The highest BCUT2D eigenvalue weighted by Crippen LogP contribution is 2.13. The minimum atomic E-state index is 0.279. The van der Waals surface area contributed by atoms with Gasteiger partial charge >= 0.3 is 0 Å². The molecule has 1 aliphatic rings. The van der Waals surface area contributed by atoms with E-state index in [-0.39, 0.29) is 5.75 Å². The van der Waals surface area contributed by atoms with E-state index in [0.29, 0.717) is 0 Å². The largest absolute Gasteiger partial charge is 0.506 e. The van der Waals surface area contributed by atoms with E-state index in [0.717, 1.165) is 24.3 Å². The Balaban J connectivity index is 1.72. The molecule has 2 aromatic heterocycles. The van der Waals surface area contributed by atoms with Crippen molar-refractivity contribution >= 4 is 5.65 Å². The van der Waals surface area contributed by atoms with Crippen LogP contribution >= 0.6 is 0 Å². The van der Waals surface area contributed by atoms with Gasteiger partial charge in [-0.2, -0.15) is 0 Å². The molecule has 3 heterocycles. The van der Waals surface area contributed by atoms with Crippen molar-refractivity contribution < 1.29 is 5.11 Å². The van der Waals surface area contributed by atoms with Crippen molar-refractivity contribution in [3.05, 3.63) is 30.2 Å². The molecule has 0 radical (unpaired) electrons. The molecule has 0 aromatic carbocycles. The van der Waals surface area contributed by atoms with Gasteiger partial charge in [0.25, 0.3) is 0 Å². The van der Waals surface area contributed by atoms with E-state index in [4.69, 9.17) is 0 Å². The number of hydrogen-bond donors (Lipinski definition) is 1. The summed E-state index contributed by atoms with van der Waals surface area (Å²) in [6.07, 6.45) is 7.35. The van der Waals surface area contributed by atoms with Crippen LogP contribution in [0.1, 0.15) is 18.5 Å². The first-order valence-electron chi connectivity index (χ1n) is 6.20. The van der Waals surface area contributed by atoms with Crippen molar-refractivity contribution in [3.63, 3.8) is 0 Å². The van der Waals surface area contributed by atoms with E-state index in [9.17, 15) is 5.11 Å². The summed E-state index contributed by atoms with van der Waals surface area (Å²) < 4.78 is 1.88. The monoisotopic (exact) mass is 231 g/mol. The molecule has 0 spiro atoms. The maximum Gasteiger partial charge on any atom is 0.137 e. The van der Waals surface area contributed by atoms with Crippen LogP contribution in [0, 0.1) is 0 Å². The van der Waals surface area contributed by atoms with Gasteiger partial charge in [-0.1, -0.05) is 0 Å². The highest BCUT2D eigenvalue weighted by atomic mass is 16.3. The molecule has 4 nitrogen and oxygen atoms in total. The van der Waals surface area contributed by atoms with Gasteiger partial charge in [0, 0.05) is 19.2 Å². The predicted octanol–water partition coefficient (Wildman–Crippen LogP) is 1.68. The van der Waals surface area contributed by atoms with Crippen LogP contribution in [-0.2, 0) is 6.42 Å². The van der Waals surface area contributed by atoms with Crippen LogP contribution in [0.2, 0.25) is 0 Å². The maximum absolute atomic E-state index is 9.39. The Morgan fingerprint density at radius 3 is 2.82 bits per heavy atom. The van der Waals surface area contributed by atoms with Gasteiger partial charge < -0.3 is 14.4 Å². The first kappa shape index (κ1) is 10.6. The summed E-state index contributed by atoms with van der Waals surface area (Å²) in [7, 11) is 0. The number of hydrogen-bond acceptors (Lipinski definition) is 3. The maximum atomic E-state index is 9.39. The molecule has 0 atom stereocenters. The zero-order chi connectivity index (χ0) is 11.7. The van der Waals surface area contributed by atoms with Crippen molar-refractivity contribution in [1.29, 1.82) is 0 Å². The van der Waals surface area contributed by atoms with E-state index >= 15 is 0 Å². The molecule has 0 amide bonds. The molecule has 1 N–H and O–H groups in total. The summed E-state index contributed by atoms with van der Waals surface area (Å²) >= 11 is 0. The third-order valence-corrected chi connectivity index (χ3v) is 3.37. The molecule has 0 bridgehead atoms. The minimum Gasteiger partial charge on any atom is -0.506 e. The van der Waals surface area contributed by atoms with Crippen molar-refractivity contribution in [2.24, 2.45) is 0 Å². The molecule has 0 saturated carbocycles. The van der Waals surface area contributed by atoms with Gasteiger partial charge in [-0.05, 0) is 38.1 Å². The average molecular weight is 231 g/mol. The quantitative estimate of drug-likeness (QED) is 0.873. The van der Waals surface area contributed by atoms with E-state index in [1.807, 2.05) is 16.7 Å². The van der Waals surface area contributed by atoms with Crippen LogP contribution < -0.4 is 0 Å². The average Bonchev–Trinajstić information content (AvgIpc) is 2.94. The van der Waals surface area contributed by atoms with Crippen molar-refractivity contribution in [1.82, 2.24) is 14.3 Å². The molecule has 17 heavy (non-hydrogen) atoms. The number of aromatic nitrogens is 2. The second-order valence-corrected chi connectivity index (χ2v) is 4.68. The molecule has 1 saturated heterocycles. The highest BCUT2D eigenvalue weighted by molar-refractivity contribution is 5.42. The zero-order valence-corrected chi connectivity index (χ0v) is 9.84. The zero-order valence-electron chi connectivity index (χ0n) is 9.84. The van der Waals surface area contributed by atoms with Gasteiger partial charge in [0.1, 0.15) is 11.4 Å². The fourth-order valence-corrected chi connectivity index (χ4v) is 2.43. The Kier molecular flexibility index (Phi) is 2.73. The topological polar surface area (TPSA) is 40.8 Å². The Bertz CT molecular complexity index is 514. The number of pyridine rings is 1. The molecule has 90 valence electrons. The van der Waals surface area contributed by atoms with Crippen molar-refractivity contribution in [2.75, 3.05) is 19.6 Å². The van der Waals surface area contributed by atoms with Crippen LogP contribution in [-0.4, -0.2) is 39.0 Å². The second kappa shape index (κ2) is 4.37. The summed E-state index contributed by atoms with van der Waals surface area (Å²) in [6.45, 7) is 3.55. The fourth-order valence-electron chi connectivity index (χ4n) is 2.43. The first-order chi connectivity index (χ1) is 8.31. The van der Waals surface area contributed by atoms with Crippen LogP contribution in [0.15, 0.2) is 24.5 Å². The summed E-state index contributed by atoms with van der Waals surface area (Å²) in [5.74, 6) is 0.279. The SMILES string of the molecule is Oc1ccc2nc(CCN3CCCC3)cn2c1. The smallest absolute Gasteiger partial charge is 0.137 e. The Labute approximate surface area is 101 Å². The molecular weight excluding hydrogens is 214 g/mol. The normalized spacial score (nSPS) is 16.9. The Morgan fingerprint density at radius 2 is 2.00 bits per heavy atom. The third-order valence-electron chi connectivity index (χ3n) is 3.37. The summed E-state index contributed by atoms with van der Waals surface area (Å²) in [4.78, 5) is 7.03. The molecule has 1 aliphatic heterocycles. The second-order valence-electron chi connectivity index (χ2n) is 4.68. The van der Waals surface area contributed by atoms with Crippen molar-refractivity contribution in [2.45, 2.75) is 19.3 Å². The third kappa shape index (κ3) is 2.26. The summed E-state index contributed by atoms with van der Waals surface area (Å²) in [5, 5.41) is 9.39. The van der Waals surface area contributed by atoms with Gasteiger partial charge in [0.05, 0.1) is 11.9 Å². The van der Waals surface area contributed by atoms with Gasteiger partial charge in [-0.15, -0.1) is 0 Å². The standard InChI is InChI=1S/C13H17N3O/c17-12-3-4-13-14-11(9-16(13)10-12)5-8-15-6-1-2-7-15/h3-4,9-10,17H,1-2,5-8H2. The lowest BCUT2D eigenvalue weighted by Gasteiger charge is -2.12. The van der Waals surface area contributed by atoms with Gasteiger partial charge in [0.2, 0.25) is 0 Å². The van der Waals surface area contributed by atoms with Gasteiger partial charge in [0.15, 0.2) is 0 Å². The van der Waals surface area contributed by atoms with E-state index in [1.165, 1.54) is 25.9 Å². The number of fused-ring (bicyclic) bond motifs is 1. The molecule has 4 heteroatoms. The first-order valence-corrected chi connectivity index (χ1v) is 6.20. The van der Waals surface area contributed by atoms with Gasteiger partial charge in [-0.3, -0.25) is 0 Å². The highest BCUT2D eigenvalue weighted by Gasteiger charge is 2.11. The number of nitrogens with zero attached hydrogens (tertiary/aromatic N) is 3. The lowest BCUT2D eigenvalue weighted by molar-refractivity contribution is 0.342. The van der Waals surface area contributed by atoms with Crippen LogP contribution in [0.4, 0.5) is 0 Å². The number of aromatic hydroxyl groups is 1. The molecular formula is C13H17N3O. The Hall–Kier alpha value is -1.55. The number of likely N-dealkylation sites (tertiary alicyclic amines) is 1. The van der Waals surface area contributed by atoms with E-state index in [1.54, 1.807) is 12.3 Å². The summed E-state index contributed by atoms with van der Waals surface area (Å²) in [6, 6.07) is 3.52. The predicted molar refractivity (Wildman–Crippen MR) is 66.2 cm³/mol. The molecule has 0 aliphatic carbocycles. The minimum absolute atomic E-state index is 0.279. The molecule has 1 fully saturated rings.